The van der Waals surface area contributed by atoms with Crippen molar-refractivity contribution in [1.82, 2.24) is 19.7 Å². The van der Waals surface area contributed by atoms with Crippen LogP contribution in [0.1, 0.15) is 65.5 Å². The van der Waals surface area contributed by atoms with Crippen molar-refractivity contribution in [3.8, 4) is 11.1 Å². The molecule has 1 aliphatic rings. The van der Waals surface area contributed by atoms with Gasteiger partial charge in [0.1, 0.15) is 5.82 Å². The highest BCUT2D eigenvalue weighted by molar-refractivity contribution is 5.94. The third-order valence-electron chi connectivity index (χ3n) is 8.37. The standard InChI is InChI=1S/C30H42N6O2/c1-18-15-19(2)32-29(38)26(18)17-36(21(4)22-11-13-25(14-12-22)34(5)6)30-27(20(3)33-35(30)7)23-9-8-10-24(16-23)28(31)37/h8-10,15-16,21-22,25H,11-14,17H2,1-7H3,(H2,31,37)(H,32,38). The summed E-state index contributed by atoms with van der Waals surface area (Å²) in [6, 6.07) is 10.2. The van der Waals surface area contributed by atoms with Gasteiger partial charge in [-0.05, 0) is 103 Å². The topological polar surface area (TPSA) is 100 Å². The Balaban J connectivity index is 1.83. The van der Waals surface area contributed by atoms with Gasteiger partial charge in [0.05, 0.1) is 12.2 Å². The van der Waals surface area contributed by atoms with Gasteiger partial charge in [0.25, 0.3) is 5.56 Å². The van der Waals surface area contributed by atoms with Crippen LogP contribution in [0.2, 0.25) is 0 Å². The first-order valence-electron chi connectivity index (χ1n) is 13.5. The second-order valence-corrected chi connectivity index (χ2v) is 11.2. The van der Waals surface area contributed by atoms with Gasteiger partial charge in [0.15, 0.2) is 0 Å². The number of aromatic amines is 1. The Morgan fingerprint density at radius 1 is 1.16 bits per heavy atom. The maximum atomic E-state index is 13.1. The fourth-order valence-electron chi connectivity index (χ4n) is 6.16. The summed E-state index contributed by atoms with van der Waals surface area (Å²) < 4.78 is 1.92. The summed E-state index contributed by atoms with van der Waals surface area (Å²) in [5, 5.41) is 4.81. The number of hydrogen-bond donors (Lipinski definition) is 2. The van der Waals surface area contributed by atoms with E-state index in [4.69, 9.17) is 10.8 Å². The molecule has 0 radical (unpaired) electrons. The van der Waals surface area contributed by atoms with E-state index in [1.807, 2.05) is 56.8 Å². The summed E-state index contributed by atoms with van der Waals surface area (Å²) in [4.78, 5) is 32.8. The zero-order chi connectivity index (χ0) is 27.7. The summed E-state index contributed by atoms with van der Waals surface area (Å²) in [5.74, 6) is 0.974. The lowest BCUT2D eigenvalue weighted by Crippen LogP contribution is -2.44. The molecule has 1 unspecified atom stereocenters. The third-order valence-corrected chi connectivity index (χ3v) is 8.37. The number of nitrogens with one attached hydrogen (secondary N) is 1. The number of nitrogens with zero attached hydrogens (tertiary/aromatic N) is 4. The second-order valence-electron chi connectivity index (χ2n) is 11.2. The maximum absolute atomic E-state index is 13.1. The van der Waals surface area contributed by atoms with Crippen molar-refractivity contribution < 1.29 is 4.79 Å². The van der Waals surface area contributed by atoms with Gasteiger partial charge < -0.3 is 20.5 Å². The Morgan fingerprint density at radius 2 is 1.84 bits per heavy atom. The molecule has 1 amide bonds. The lowest BCUT2D eigenvalue weighted by Gasteiger charge is -2.41. The monoisotopic (exact) mass is 518 g/mol. The predicted octanol–water partition coefficient (Wildman–Crippen LogP) is 4.32. The van der Waals surface area contributed by atoms with E-state index >= 15 is 0 Å². The smallest absolute Gasteiger partial charge is 0.253 e. The van der Waals surface area contributed by atoms with Crippen LogP contribution in [0.25, 0.3) is 11.1 Å². The zero-order valence-electron chi connectivity index (χ0n) is 23.8. The van der Waals surface area contributed by atoms with E-state index in [2.05, 4.69) is 35.8 Å². The second kappa shape index (κ2) is 11.2. The van der Waals surface area contributed by atoms with Crippen LogP contribution in [0.4, 0.5) is 5.82 Å². The average molecular weight is 519 g/mol. The summed E-state index contributed by atoms with van der Waals surface area (Å²) in [6.07, 6.45) is 4.59. The number of pyridine rings is 1. The molecular weight excluding hydrogens is 476 g/mol. The van der Waals surface area contributed by atoms with E-state index in [-0.39, 0.29) is 11.6 Å². The molecule has 0 saturated heterocycles. The van der Waals surface area contributed by atoms with Crippen LogP contribution < -0.4 is 16.2 Å². The van der Waals surface area contributed by atoms with Gasteiger partial charge in [-0.15, -0.1) is 0 Å². The Bertz CT molecular complexity index is 1360. The lowest BCUT2D eigenvalue weighted by atomic mass is 9.81. The fourth-order valence-corrected chi connectivity index (χ4v) is 6.16. The van der Waals surface area contributed by atoms with Crippen molar-refractivity contribution in [2.45, 2.75) is 72.0 Å². The average Bonchev–Trinajstić information content (AvgIpc) is 3.16. The number of rotatable bonds is 8. The first-order chi connectivity index (χ1) is 18.0. The molecule has 204 valence electrons. The number of primary amides is 1. The molecule has 0 spiro atoms. The van der Waals surface area contributed by atoms with Crippen LogP contribution in [0, 0.1) is 26.7 Å². The molecule has 1 atom stereocenters. The Labute approximate surface area is 225 Å². The molecule has 0 aliphatic heterocycles. The van der Waals surface area contributed by atoms with Crippen molar-refractivity contribution in [3.05, 3.63) is 68.8 Å². The highest BCUT2D eigenvalue weighted by Crippen LogP contribution is 2.39. The van der Waals surface area contributed by atoms with E-state index in [9.17, 15) is 9.59 Å². The van der Waals surface area contributed by atoms with Gasteiger partial charge in [-0.2, -0.15) is 5.10 Å². The fraction of sp³-hybridized carbons (Fsp3) is 0.500. The molecular formula is C30H42N6O2. The van der Waals surface area contributed by atoms with Crippen molar-refractivity contribution in [2.24, 2.45) is 18.7 Å². The Kier molecular flexibility index (Phi) is 8.11. The summed E-state index contributed by atoms with van der Waals surface area (Å²) in [6.45, 7) is 8.66. The maximum Gasteiger partial charge on any atom is 0.253 e. The molecule has 38 heavy (non-hydrogen) atoms. The minimum absolute atomic E-state index is 0.0489. The number of aryl methyl sites for hydroxylation is 4. The number of aromatic nitrogens is 3. The number of nitrogens with two attached hydrogens (primary N) is 1. The van der Waals surface area contributed by atoms with Crippen molar-refractivity contribution >= 4 is 11.7 Å². The quantitative estimate of drug-likeness (QED) is 0.463. The zero-order valence-corrected chi connectivity index (χ0v) is 23.8. The number of anilines is 1. The molecule has 2 aromatic heterocycles. The van der Waals surface area contributed by atoms with Gasteiger partial charge in [-0.25, -0.2) is 0 Å². The van der Waals surface area contributed by atoms with E-state index in [0.29, 0.717) is 24.1 Å². The molecule has 8 nitrogen and oxygen atoms in total. The lowest BCUT2D eigenvalue weighted by molar-refractivity contribution is 0.100. The summed E-state index contributed by atoms with van der Waals surface area (Å²) in [7, 11) is 6.29. The van der Waals surface area contributed by atoms with E-state index < -0.39 is 5.91 Å². The number of amides is 1. The molecule has 1 aromatic carbocycles. The number of benzene rings is 1. The molecule has 1 saturated carbocycles. The largest absolute Gasteiger partial charge is 0.366 e. The SMILES string of the molecule is Cc1cc(C)c(CN(c2c(-c3cccc(C(N)=O)c3)c(C)nn2C)C(C)C2CCC(N(C)C)CC2)c(=O)[nH]1. The molecule has 2 heterocycles. The number of carbonyl (C=O) groups excluding carboxylic acids is 1. The van der Waals surface area contributed by atoms with E-state index in [1.165, 1.54) is 0 Å². The van der Waals surface area contributed by atoms with Gasteiger partial charge >= 0.3 is 0 Å². The van der Waals surface area contributed by atoms with E-state index in [1.54, 1.807) is 6.07 Å². The van der Waals surface area contributed by atoms with Crippen LogP contribution in [-0.4, -0.2) is 51.8 Å². The van der Waals surface area contributed by atoms with Crippen LogP contribution in [0.5, 0.6) is 0 Å². The summed E-state index contributed by atoms with van der Waals surface area (Å²) >= 11 is 0. The van der Waals surface area contributed by atoms with Crippen molar-refractivity contribution in [2.75, 3.05) is 19.0 Å². The van der Waals surface area contributed by atoms with Crippen LogP contribution >= 0.6 is 0 Å². The Hall–Kier alpha value is -3.39. The minimum Gasteiger partial charge on any atom is -0.366 e. The number of H-pyrrole nitrogens is 1. The van der Waals surface area contributed by atoms with Gasteiger partial charge in [-0.3, -0.25) is 14.3 Å². The number of carbonyl (C=O) groups is 1. The highest BCUT2D eigenvalue weighted by atomic mass is 16.1. The van der Waals surface area contributed by atoms with Gasteiger partial charge in [0.2, 0.25) is 5.91 Å². The molecule has 0 bridgehead atoms. The molecule has 8 heteroatoms. The van der Waals surface area contributed by atoms with Crippen LogP contribution in [0.3, 0.4) is 0 Å². The minimum atomic E-state index is -0.459. The molecule has 1 aliphatic carbocycles. The van der Waals surface area contributed by atoms with Crippen LogP contribution in [-0.2, 0) is 13.6 Å². The van der Waals surface area contributed by atoms with Crippen molar-refractivity contribution in [3.63, 3.8) is 0 Å². The first-order valence-corrected chi connectivity index (χ1v) is 13.5. The number of hydrogen-bond acceptors (Lipinski definition) is 5. The third kappa shape index (κ3) is 5.55. The highest BCUT2D eigenvalue weighted by Gasteiger charge is 2.33. The van der Waals surface area contributed by atoms with Crippen LogP contribution in [0.15, 0.2) is 35.1 Å². The van der Waals surface area contributed by atoms with Gasteiger partial charge in [0, 0.05) is 41.5 Å². The molecule has 3 aromatic rings. The predicted molar refractivity (Wildman–Crippen MR) is 154 cm³/mol. The van der Waals surface area contributed by atoms with Crippen molar-refractivity contribution in [1.29, 1.82) is 0 Å². The van der Waals surface area contributed by atoms with Gasteiger partial charge in [-0.1, -0.05) is 12.1 Å². The summed E-state index contributed by atoms with van der Waals surface area (Å²) in [5.41, 5.74) is 11.4. The Morgan fingerprint density at radius 3 is 2.45 bits per heavy atom. The molecule has 3 N–H and O–H groups in total. The first kappa shape index (κ1) is 27.6. The normalized spacial score (nSPS) is 18.5. The molecule has 4 rings (SSSR count). The van der Waals surface area contributed by atoms with E-state index in [0.717, 1.165) is 65.1 Å². The molecule has 1 fully saturated rings.